The summed E-state index contributed by atoms with van der Waals surface area (Å²) in [5, 5.41) is 19.8. The number of nitriles is 1. The van der Waals surface area contributed by atoms with Gasteiger partial charge in [0.05, 0.1) is 40.3 Å². The van der Waals surface area contributed by atoms with E-state index in [1.54, 1.807) is 0 Å². The predicted molar refractivity (Wildman–Crippen MR) is 255 cm³/mol. The Balaban J connectivity index is 1.23. The van der Waals surface area contributed by atoms with Gasteiger partial charge in [0.1, 0.15) is 0 Å². The number of rotatable bonds is 2. The lowest BCUT2D eigenvalue weighted by atomic mass is 9.31. The molecule has 0 aliphatic carbocycles. The minimum absolute atomic E-state index is 0.0442. The van der Waals surface area contributed by atoms with Crippen molar-refractivity contribution in [2.75, 3.05) is 0 Å². The summed E-state index contributed by atoms with van der Waals surface area (Å²) >= 11 is 0. The molecule has 0 saturated carbocycles. The molecule has 0 N–H and O–H groups in total. The number of hydrogen-bond acceptors (Lipinski definition) is 1. The van der Waals surface area contributed by atoms with E-state index in [0.29, 0.717) is 11.3 Å². The van der Waals surface area contributed by atoms with Crippen LogP contribution < -0.4 is 16.4 Å². The number of hydrogen-bond donors (Lipinski definition) is 0. The van der Waals surface area contributed by atoms with Crippen molar-refractivity contribution in [3.05, 3.63) is 180 Å². The van der Waals surface area contributed by atoms with Crippen molar-refractivity contribution in [2.24, 2.45) is 0 Å². The standard InChI is InChI=1S/C56H35BN4/c1-56(2,3)35-29-41-53-49-33(27-47-51(53)39-13-5-7-17-45(39)60(47)37-23-19-32(31-58)20-24-37)11-9-15-43(49)57-44-16-10-12-34-28-48-52(54(50(34)44)42(30-35)55(41)57)40-14-6-8-18-46(40)61(48)38-25-21-36(59-4)22-26-38/h5-30H,1-3H3. The Kier molecular flexibility index (Phi) is 6.63. The quantitative estimate of drug-likeness (QED) is 0.127. The third-order valence-electron chi connectivity index (χ3n) is 13.7. The van der Waals surface area contributed by atoms with Gasteiger partial charge in [-0.3, -0.25) is 0 Å². The molecular formula is C56H35BN4. The fraction of sp³-hybridized carbons (Fsp3) is 0.0714. The second-order valence-corrected chi connectivity index (χ2v) is 17.8. The Bertz CT molecular complexity index is 3620. The summed E-state index contributed by atoms with van der Waals surface area (Å²) in [4.78, 5) is 3.70. The van der Waals surface area contributed by atoms with Gasteiger partial charge >= 0.3 is 0 Å². The van der Waals surface area contributed by atoms with Crippen LogP contribution in [-0.2, 0) is 5.41 Å². The van der Waals surface area contributed by atoms with Crippen LogP contribution >= 0.6 is 0 Å². The van der Waals surface area contributed by atoms with E-state index in [0.717, 1.165) is 33.4 Å². The van der Waals surface area contributed by atoms with E-state index in [9.17, 15) is 5.26 Å². The zero-order chi connectivity index (χ0) is 40.9. The lowest BCUT2D eigenvalue weighted by Gasteiger charge is -2.36. The van der Waals surface area contributed by atoms with Crippen LogP contribution in [0, 0.1) is 17.9 Å². The van der Waals surface area contributed by atoms with E-state index in [1.807, 2.05) is 24.3 Å². The molecule has 4 nitrogen and oxygen atoms in total. The summed E-state index contributed by atoms with van der Waals surface area (Å²) in [7, 11) is 0. The highest BCUT2D eigenvalue weighted by molar-refractivity contribution is 7.01. The molecule has 282 valence electrons. The van der Waals surface area contributed by atoms with Crippen LogP contribution in [0.25, 0.3) is 104 Å². The van der Waals surface area contributed by atoms with Gasteiger partial charge in [-0.25, -0.2) is 4.85 Å². The molecule has 61 heavy (non-hydrogen) atoms. The molecule has 13 rings (SSSR count). The van der Waals surface area contributed by atoms with Gasteiger partial charge in [-0.1, -0.05) is 134 Å². The van der Waals surface area contributed by atoms with Gasteiger partial charge in [-0.15, -0.1) is 0 Å². The lowest BCUT2D eigenvalue weighted by molar-refractivity contribution is 0.591. The number of para-hydroxylation sites is 2. The average molecular weight is 775 g/mol. The summed E-state index contributed by atoms with van der Waals surface area (Å²) in [6.45, 7) is 14.7. The van der Waals surface area contributed by atoms with Gasteiger partial charge in [-0.05, 0) is 115 Å². The highest BCUT2D eigenvalue weighted by Crippen LogP contribution is 2.50. The maximum atomic E-state index is 9.69. The Morgan fingerprint density at radius 3 is 1.51 bits per heavy atom. The first-order chi connectivity index (χ1) is 29.8. The first kappa shape index (κ1) is 34.1. The molecule has 4 heterocycles. The van der Waals surface area contributed by atoms with Crippen LogP contribution in [0.4, 0.5) is 5.69 Å². The highest BCUT2D eigenvalue weighted by atomic mass is 15.0. The molecule has 0 amide bonds. The lowest BCUT2D eigenvalue weighted by Crippen LogP contribution is -2.57. The maximum Gasteiger partial charge on any atom is 0.244 e. The van der Waals surface area contributed by atoms with Crippen LogP contribution in [-0.4, -0.2) is 15.8 Å². The topological polar surface area (TPSA) is 38.0 Å². The minimum Gasteiger partial charge on any atom is -0.309 e. The second-order valence-electron chi connectivity index (χ2n) is 17.8. The van der Waals surface area contributed by atoms with Crippen LogP contribution in [0.2, 0.25) is 0 Å². The fourth-order valence-electron chi connectivity index (χ4n) is 11.1. The second kappa shape index (κ2) is 11.9. The first-order valence-electron chi connectivity index (χ1n) is 21.0. The molecule has 0 saturated heterocycles. The predicted octanol–water partition coefficient (Wildman–Crippen LogP) is 12.4. The SMILES string of the molecule is [C-]#[N+]c1ccc(-n2c3ccccc3c3c4c5c(cccc5cc32)B2c3c(cc(C(C)(C)C)cc3-4)-c3c4c2cccc4cc2c3c3ccccc3n2-c2ccc(C#N)cc2)cc1. The molecule has 0 bridgehead atoms. The number of fused-ring (bicyclic) bond motifs is 12. The Morgan fingerprint density at radius 2 is 1.03 bits per heavy atom. The molecule has 2 aromatic heterocycles. The molecule has 0 atom stereocenters. The van der Waals surface area contributed by atoms with Crippen LogP contribution in [0.5, 0.6) is 0 Å². The molecule has 0 spiro atoms. The number of nitrogens with zero attached hydrogens (tertiary/aromatic N) is 4. The highest BCUT2D eigenvalue weighted by Gasteiger charge is 2.41. The molecule has 2 aliphatic rings. The molecule has 9 aromatic carbocycles. The fourth-order valence-corrected chi connectivity index (χ4v) is 11.1. The normalized spacial score (nSPS) is 12.8. The third-order valence-corrected chi connectivity index (χ3v) is 13.7. The summed E-state index contributed by atoms with van der Waals surface area (Å²) in [6, 6.07) is 59.7. The van der Waals surface area contributed by atoms with Crippen LogP contribution in [0.15, 0.2) is 158 Å². The molecule has 5 heteroatoms. The van der Waals surface area contributed by atoms with Gasteiger partial charge in [0.2, 0.25) is 6.71 Å². The van der Waals surface area contributed by atoms with Gasteiger partial charge < -0.3 is 9.13 Å². The third kappa shape index (κ3) is 4.42. The zero-order valence-electron chi connectivity index (χ0n) is 33.9. The van der Waals surface area contributed by atoms with Gasteiger partial charge in [0.25, 0.3) is 0 Å². The van der Waals surface area contributed by atoms with Crippen LogP contribution in [0.3, 0.4) is 0 Å². The van der Waals surface area contributed by atoms with Crippen molar-refractivity contribution < 1.29 is 0 Å². The van der Waals surface area contributed by atoms with E-state index in [4.69, 9.17) is 6.57 Å². The van der Waals surface area contributed by atoms with E-state index in [-0.39, 0.29) is 12.1 Å². The maximum absolute atomic E-state index is 9.69. The van der Waals surface area contributed by atoms with Gasteiger partial charge in [0.15, 0.2) is 5.69 Å². The Hall–Kier alpha value is -7.86. The number of aromatic nitrogens is 2. The van der Waals surface area contributed by atoms with E-state index in [1.165, 1.54) is 87.3 Å². The summed E-state index contributed by atoms with van der Waals surface area (Å²) in [5.74, 6) is 0. The zero-order valence-corrected chi connectivity index (χ0v) is 33.9. The molecule has 0 radical (unpaired) electrons. The molecule has 0 fully saturated rings. The van der Waals surface area contributed by atoms with Crippen molar-refractivity contribution in [1.82, 2.24) is 9.13 Å². The molecular weight excluding hydrogens is 739 g/mol. The van der Waals surface area contributed by atoms with Crippen molar-refractivity contribution in [1.29, 1.82) is 5.26 Å². The number of benzene rings is 9. The van der Waals surface area contributed by atoms with Crippen molar-refractivity contribution in [3.63, 3.8) is 0 Å². The van der Waals surface area contributed by atoms with E-state index in [2.05, 4.69) is 174 Å². The van der Waals surface area contributed by atoms with E-state index < -0.39 is 0 Å². The monoisotopic (exact) mass is 774 g/mol. The largest absolute Gasteiger partial charge is 0.309 e. The first-order valence-corrected chi connectivity index (χ1v) is 21.0. The smallest absolute Gasteiger partial charge is 0.244 e. The molecule has 2 aliphatic heterocycles. The van der Waals surface area contributed by atoms with Crippen LogP contribution in [0.1, 0.15) is 31.9 Å². The summed E-state index contributed by atoms with van der Waals surface area (Å²) < 4.78 is 4.78. The summed E-state index contributed by atoms with van der Waals surface area (Å²) in [5.41, 5.74) is 18.5. The average Bonchev–Trinajstić information content (AvgIpc) is 3.80. The van der Waals surface area contributed by atoms with Crippen molar-refractivity contribution >= 4 is 93.9 Å². The minimum atomic E-state index is -0.135. The van der Waals surface area contributed by atoms with Crippen molar-refractivity contribution in [2.45, 2.75) is 26.2 Å². The van der Waals surface area contributed by atoms with Gasteiger partial charge in [0, 0.05) is 32.9 Å². The van der Waals surface area contributed by atoms with E-state index >= 15 is 0 Å². The Morgan fingerprint density at radius 1 is 0.541 bits per heavy atom. The Labute approximate surface area is 353 Å². The van der Waals surface area contributed by atoms with Crippen molar-refractivity contribution in [3.8, 4) is 39.7 Å². The molecule has 11 aromatic rings. The van der Waals surface area contributed by atoms with Gasteiger partial charge in [-0.2, -0.15) is 5.26 Å². The molecule has 0 unspecified atom stereocenters. The summed E-state index contributed by atoms with van der Waals surface area (Å²) in [6.07, 6.45) is 0.